The summed E-state index contributed by atoms with van der Waals surface area (Å²) in [6, 6.07) is 0. The monoisotopic (exact) mass is 235 g/mol. The van der Waals surface area contributed by atoms with Crippen molar-refractivity contribution in [2.24, 2.45) is 7.05 Å². The Labute approximate surface area is 95.8 Å². The Morgan fingerprint density at radius 3 is 2.75 bits per heavy atom. The molecule has 0 amide bonds. The first-order valence-corrected chi connectivity index (χ1v) is 5.54. The van der Waals surface area contributed by atoms with Gasteiger partial charge in [0.15, 0.2) is 11.6 Å². The highest BCUT2D eigenvalue weighted by Gasteiger charge is 2.17. The fraction of sp³-hybridized carbons (Fsp3) is 0.200. The molecule has 82 valence electrons. The molecule has 0 fully saturated rings. The van der Waals surface area contributed by atoms with Crippen molar-refractivity contribution in [2.45, 2.75) is 6.42 Å². The first-order valence-electron chi connectivity index (χ1n) is 4.60. The number of rotatable bonds is 4. The van der Waals surface area contributed by atoms with Crippen molar-refractivity contribution in [3.05, 3.63) is 34.8 Å². The van der Waals surface area contributed by atoms with E-state index in [-0.39, 0.29) is 18.0 Å². The van der Waals surface area contributed by atoms with Crippen LogP contribution in [-0.4, -0.2) is 26.1 Å². The molecule has 0 radical (unpaired) electrons. The van der Waals surface area contributed by atoms with Gasteiger partial charge in [0.05, 0.1) is 11.9 Å². The van der Waals surface area contributed by atoms with Crippen molar-refractivity contribution in [2.75, 3.05) is 0 Å². The van der Waals surface area contributed by atoms with Gasteiger partial charge in [0, 0.05) is 24.8 Å². The Kier molecular flexibility index (Phi) is 2.91. The van der Waals surface area contributed by atoms with Crippen LogP contribution in [-0.2, 0) is 7.05 Å². The summed E-state index contributed by atoms with van der Waals surface area (Å²) in [6.45, 7) is 0. The number of carbonyl (C=O) groups is 2. The third kappa shape index (κ3) is 2.06. The number of aryl methyl sites for hydroxylation is 1. The average molecular weight is 235 g/mol. The second-order valence-corrected chi connectivity index (χ2v) is 3.98. The minimum atomic E-state index is -0.287. The molecule has 5 nitrogen and oxygen atoms in total. The van der Waals surface area contributed by atoms with Gasteiger partial charge in [0.1, 0.15) is 5.69 Å². The van der Waals surface area contributed by atoms with Gasteiger partial charge in [-0.3, -0.25) is 9.59 Å². The zero-order valence-corrected chi connectivity index (χ0v) is 9.40. The highest BCUT2D eigenvalue weighted by atomic mass is 32.1. The maximum absolute atomic E-state index is 11.7. The van der Waals surface area contributed by atoms with Gasteiger partial charge >= 0.3 is 0 Å². The van der Waals surface area contributed by atoms with Crippen LogP contribution >= 0.6 is 11.3 Å². The van der Waals surface area contributed by atoms with E-state index in [2.05, 4.69) is 9.97 Å². The van der Waals surface area contributed by atoms with Crippen LogP contribution in [0.3, 0.4) is 0 Å². The molecule has 0 bridgehead atoms. The maximum Gasteiger partial charge on any atom is 0.206 e. The summed E-state index contributed by atoms with van der Waals surface area (Å²) < 4.78 is 1.59. The molecule has 0 aliphatic carbocycles. The van der Waals surface area contributed by atoms with Gasteiger partial charge in [0.25, 0.3) is 0 Å². The normalized spacial score (nSPS) is 10.3. The SMILES string of the molecule is Cn1ccnc1C(=O)CC(=O)c1cscn1. The molecule has 0 aliphatic heterocycles. The fourth-order valence-electron chi connectivity index (χ4n) is 1.30. The van der Waals surface area contributed by atoms with Gasteiger partial charge in [-0.1, -0.05) is 0 Å². The van der Waals surface area contributed by atoms with Crippen LogP contribution in [0.15, 0.2) is 23.3 Å². The molecule has 2 aromatic heterocycles. The fourth-order valence-corrected chi connectivity index (χ4v) is 1.86. The van der Waals surface area contributed by atoms with E-state index in [0.29, 0.717) is 11.5 Å². The van der Waals surface area contributed by atoms with E-state index in [1.165, 1.54) is 17.5 Å². The zero-order valence-electron chi connectivity index (χ0n) is 8.58. The third-order valence-electron chi connectivity index (χ3n) is 2.11. The van der Waals surface area contributed by atoms with Crippen LogP contribution in [0.4, 0.5) is 0 Å². The molecule has 0 N–H and O–H groups in total. The van der Waals surface area contributed by atoms with E-state index in [1.54, 1.807) is 28.7 Å². The molecule has 6 heteroatoms. The molecule has 2 rings (SSSR count). The third-order valence-corrected chi connectivity index (χ3v) is 2.70. The Morgan fingerprint density at radius 2 is 2.19 bits per heavy atom. The summed E-state index contributed by atoms with van der Waals surface area (Å²) in [4.78, 5) is 31.1. The molecule has 0 atom stereocenters. The van der Waals surface area contributed by atoms with Crippen LogP contribution in [0.25, 0.3) is 0 Å². The number of nitrogens with zero attached hydrogens (tertiary/aromatic N) is 3. The summed E-state index contributed by atoms with van der Waals surface area (Å²) in [6.07, 6.45) is 3.01. The van der Waals surface area contributed by atoms with E-state index < -0.39 is 0 Å². The number of carbonyl (C=O) groups excluding carboxylic acids is 2. The lowest BCUT2D eigenvalue weighted by Gasteiger charge is -1.98. The van der Waals surface area contributed by atoms with Crippen LogP contribution in [0.5, 0.6) is 0 Å². The Balaban J connectivity index is 2.09. The zero-order chi connectivity index (χ0) is 11.5. The van der Waals surface area contributed by atoms with Crippen molar-refractivity contribution in [1.29, 1.82) is 0 Å². The number of Topliss-reactive ketones (excluding diaryl/α,β-unsaturated/α-hetero) is 2. The van der Waals surface area contributed by atoms with E-state index in [4.69, 9.17) is 0 Å². The Bertz CT molecular complexity index is 516. The topological polar surface area (TPSA) is 64.8 Å². The minimum absolute atomic E-state index is 0.186. The second-order valence-electron chi connectivity index (χ2n) is 3.26. The van der Waals surface area contributed by atoms with E-state index in [0.717, 1.165) is 0 Å². The van der Waals surface area contributed by atoms with Gasteiger partial charge in [-0.2, -0.15) is 0 Å². The second kappa shape index (κ2) is 4.36. The van der Waals surface area contributed by atoms with Crippen molar-refractivity contribution >= 4 is 22.9 Å². The van der Waals surface area contributed by atoms with E-state index in [9.17, 15) is 9.59 Å². The molecule has 16 heavy (non-hydrogen) atoms. The lowest BCUT2D eigenvalue weighted by Crippen LogP contribution is -2.13. The van der Waals surface area contributed by atoms with Crippen molar-refractivity contribution in [3.8, 4) is 0 Å². The quantitative estimate of drug-likeness (QED) is 0.592. The number of ketones is 2. The molecular formula is C10H9N3O2S. The number of hydrogen-bond donors (Lipinski definition) is 0. The predicted octanol–water partition coefficient (Wildman–Crippen LogP) is 1.33. The molecule has 0 aromatic carbocycles. The predicted molar refractivity (Wildman–Crippen MR) is 58.6 cm³/mol. The van der Waals surface area contributed by atoms with Gasteiger partial charge < -0.3 is 4.57 Å². The Morgan fingerprint density at radius 1 is 1.38 bits per heavy atom. The van der Waals surface area contributed by atoms with E-state index in [1.807, 2.05) is 0 Å². The number of thiazole rings is 1. The van der Waals surface area contributed by atoms with Crippen LogP contribution < -0.4 is 0 Å². The molecular weight excluding hydrogens is 226 g/mol. The minimum Gasteiger partial charge on any atom is -0.332 e. The first-order chi connectivity index (χ1) is 7.68. The summed E-state index contributed by atoms with van der Waals surface area (Å²) in [5, 5.41) is 1.63. The molecule has 0 saturated carbocycles. The smallest absolute Gasteiger partial charge is 0.206 e. The number of hydrogen-bond acceptors (Lipinski definition) is 5. The molecule has 2 aromatic rings. The largest absolute Gasteiger partial charge is 0.332 e. The van der Waals surface area contributed by atoms with Crippen LogP contribution in [0.1, 0.15) is 27.5 Å². The van der Waals surface area contributed by atoms with Crippen molar-refractivity contribution in [1.82, 2.24) is 14.5 Å². The summed E-state index contributed by atoms with van der Waals surface area (Å²) in [5.41, 5.74) is 1.91. The molecule has 0 spiro atoms. The van der Waals surface area contributed by atoms with Crippen LogP contribution in [0, 0.1) is 0 Å². The standard InChI is InChI=1S/C10H9N3O2S/c1-13-3-2-11-10(13)9(15)4-8(14)7-5-16-6-12-7/h2-3,5-6H,4H2,1H3. The highest BCUT2D eigenvalue weighted by molar-refractivity contribution is 7.07. The molecule has 0 aliphatic rings. The maximum atomic E-state index is 11.7. The molecule has 0 unspecified atom stereocenters. The van der Waals surface area contributed by atoms with Gasteiger partial charge in [0.2, 0.25) is 5.78 Å². The van der Waals surface area contributed by atoms with Gasteiger partial charge in [-0.25, -0.2) is 9.97 Å². The molecule has 0 saturated heterocycles. The van der Waals surface area contributed by atoms with Crippen molar-refractivity contribution in [3.63, 3.8) is 0 Å². The van der Waals surface area contributed by atoms with E-state index >= 15 is 0 Å². The summed E-state index contributed by atoms with van der Waals surface area (Å²) in [5.74, 6) is -0.261. The Hall–Kier alpha value is -1.82. The summed E-state index contributed by atoms with van der Waals surface area (Å²) >= 11 is 1.33. The highest BCUT2D eigenvalue weighted by Crippen LogP contribution is 2.07. The van der Waals surface area contributed by atoms with Gasteiger partial charge in [-0.15, -0.1) is 11.3 Å². The van der Waals surface area contributed by atoms with Crippen LogP contribution in [0.2, 0.25) is 0 Å². The van der Waals surface area contributed by atoms with Crippen molar-refractivity contribution < 1.29 is 9.59 Å². The first kappa shape index (κ1) is 10.7. The lowest BCUT2D eigenvalue weighted by molar-refractivity contribution is 0.0884. The molecule has 2 heterocycles. The average Bonchev–Trinajstić information content (AvgIpc) is 2.86. The number of aromatic nitrogens is 3. The van der Waals surface area contributed by atoms with Gasteiger partial charge in [-0.05, 0) is 0 Å². The number of imidazole rings is 1. The lowest BCUT2D eigenvalue weighted by atomic mass is 10.1. The summed E-state index contributed by atoms with van der Waals surface area (Å²) in [7, 11) is 1.72.